The summed E-state index contributed by atoms with van der Waals surface area (Å²) in [5, 5.41) is 8.25. The molecule has 2 heterocycles. The van der Waals surface area contributed by atoms with E-state index in [9.17, 15) is 26.4 Å². The Morgan fingerprint density at radius 2 is 2.03 bits per heavy atom. The minimum absolute atomic E-state index is 0.0619. The number of unbranched alkanes of at least 4 members (excludes halogenated alkanes) is 2. The van der Waals surface area contributed by atoms with Gasteiger partial charge in [-0.2, -0.15) is 0 Å². The summed E-state index contributed by atoms with van der Waals surface area (Å²) < 4.78 is 76.1. The first-order chi connectivity index (χ1) is 17.6. The van der Waals surface area contributed by atoms with E-state index in [4.69, 9.17) is 4.74 Å². The number of halogens is 4. The Morgan fingerprint density at radius 1 is 1.24 bits per heavy atom. The molecule has 1 N–H and O–H groups in total. The van der Waals surface area contributed by atoms with E-state index in [-0.39, 0.29) is 23.1 Å². The predicted octanol–water partition coefficient (Wildman–Crippen LogP) is 2.88. The summed E-state index contributed by atoms with van der Waals surface area (Å²) in [4.78, 5) is 14.5. The second-order valence-electron chi connectivity index (χ2n) is 8.22. The number of aryl methyl sites for hydroxylation is 1. The number of benzene rings is 1. The first-order valence-corrected chi connectivity index (χ1v) is 16.2. The van der Waals surface area contributed by atoms with Crippen molar-refractivity contribution in [3.63, 3.8) is 0 Å². The molecule has 0 aromatic heterocycles. The van der Waals surface area contributed by atoms with Crippen molar-refractivity contribution in [2.24, 2.45) is 13.4 Å². The Kier molecular flexibility index (Phi) is 10.6. The van der Waals surface area contributed by atoms with Crippen molar-refractivity contribution in [3.8, 4) is 0 Å². The summed E-state index contributed by atoms with van der Waals surface area (Å²) in [7, 11) is -5.68. The maximum atomic E-state index is 13.2. The minimum atomic E-state index is -5.68. The molecule has 0 aliphatic carbocycles. The van der Waals surface area contributed by atoms with Crippen LogP contribution in [-0.2, 0) is 26.0 Å². The first-order valence-electron chi connectivity index (χ1n) is 11.7. The van der Waals surface area contributed by atoms with Crippen molar-refractivity contribution >= 4 is 50.0 Å². The number of esters is 1. The summed E-state index contributed by atoms with van der Waals surface area (Å²) in [5.41, 5.74) is -4.35. The summed E-state index contributed by atoms with van der Waals surface area (Å²) in [6.07, 6.45) is 5.14. The molecule has 0 fully saturated rings. The van der Waals surface area contributed by atoms with E-state index in [1.54, 1.807) is 14.9 Å². The Bertz CT molecular complexity index is 1190. The molecular weight excluding hydrogens is 646 g/mol. The number of ether oxygens (including phenoxy) is 1. The molecule has 1 aromatic carbocycles. The van der Waals surface area contributed by atoms with Crippen molar-refractivity contribution in [3.05, 3.63) is 26.7 Å². The maximum absolute atomic E-state index is 13.2. The third-order valence-corrected chi connectivity index (χ3v) is 9.69. The van der Waals surface area contributed by atoms with Crippen molar-refractivity contribution in [1.82, 2.24) is 0 Å². The number of hydrogen-bond acceptors (Lipinski definition) is 9. The number of alkyl halides is 3. The molecule has 2 aliphatic heterocycles. The van der Waals surface area contributed by atoms with Gasteiger partial charge in [0.15, 0.2) is 0 Å². The quantitative estimate of drug-likeness (QED) is 0.177. The molecule has 0 saturated carbocycles. The van der Waals surface area contributed by atoms with Gasteiger partial charge in [-0.05, 0) is 0 Å². The van der Waals surface area contributed by atoms with Gasteiger partial charge >= 0.3 is 217 Å². The number of rotatable bonds is 10. The fourth-order valence-electron chi connectivity index (χ4n) is 3.58. The van der Waals surface area contributed by atoms with Gasteiger partial charge < -0.3 is 0 Å². The third kappa shape index (κ3) is 8.05. The second kappa shape index (κ2) is 13.3. The van der Waals surface area contributed by atoms with Gasteiger partial charge in [-0.25, -0.2) is 0 Å². The molecule has 2 aliphatic rings. The SMILES string of the molecule is CCCCCN1CCCc2cc(N=NC3=N[I-]C=C(C(=O)OCCC)S3)c(NS(=O)(=O)C(F)(F)F)cc21. The van der Waals surface area contributed by atoms with Gasteiger partial charge in [0.05, 0.1) is 0 Å². The zero-order valence-corrected chi connectivity index (χ0v) is 24.1. The van der Waals surface area contributed by atoms with Crippen LogP contribution in [0.5, 0.6) is 0 Å². The van der Waals surface area contributed by atoms with Crippen LogP contribution in [0.3, 0.4) is 0 Å². The van der Waals surface area contributed by atoms with Crippen LogP contribution in [0, 0.1) is 0 Å². The van der Waals surface area contributed by atoms with Gasteiger partial charge in [-0.1, -0.05) is 13.3 Å². The molecule has 3 rings (SSSR count). The number of amidine groups is 1. The van der Waals surface area contributed by atoms with Crippen molar-refractivity contribution in [1.29, 1.82) is 0 Å². The Morgan fingerprint density at radius 3 is 2.73 bits per heavy atom. The Hall–Kier alpha value is -1.88. The fourth-order valence-corrected chi connectivity index (χ4v) is 6.84. The number of nitrogens with one attached hydrogen (secondary N) is 1. The van der Waals surface area contributed by atoms with E-state index >= 15 is 0 Å². The number of carbonyl (C=O) groups is 1. The number of hydrogen-bond donors (Lipinski definition) is 1. The van der Waals surface area contributed by atoms with Crippen LogP contribution < -0.4 is 31.1 Å². The van der Waals surface area contributed by atoms with Gasteiger partial charge in [-0.3, -0.25) is 0 Å². The molecule has 0 radical (unpaired) electrons. The predicted molar refractivity (Wildman–Crippen MR) is 134 cm³/mol. The van der Waals surface area contributed by atoms with Gasteiger partial charge in [0.2, 0.25) is 0 Å². The van der Waals surface area contributed by atoms with Gasteiger partial charge in [0.1, 0.15) is 0 Å². The summed E-state index contributed by atoms with van der Waals surface area (Å²) in [6.45, 7) is 5.67. The van der Waals surface area contributed by atoms with E-state index in [0.717, 1.165) is 49.6 Å². The van der Waals surface area contributed by atoms with E-state index in [1.807, 2.05) is 6.92 Å². The molecular formula is C22H28F3IN5O4S2-. The fraction of sp³-hybridized carbons (Fsp3) is 0.545. The zero-order chi connectivity index (χ0) is 27.1. The van der Waals surface area contributed by atoms with Crippen LogP contribution in [0.15, 0.2) is 34.6 Å². The van der Waals surface area contributed by atoms with E-state index < -0.39 is 43.0 Å². The van der Waals surface area contributed by atoms with E-state index in [0.29, 0.717) is 30.0 Å². The molecule has 0 spiro atoms. The van der Waals surface area contributed by atoms with Crippen LogP contribution >= 0.6 is 11.8 Å². The monoisotopic (exact) mass is 674 g/mol. The topological polar surface area (TPSA) is 113 Å². The summed E-state index contributed by atoms with van der Waals surface area (Å²) in [5.74, 6) is -0.496. The van der Waals surface area contributed by atoms with Gasteiger partial charge in [-0.15, -0.1) is 0 Å². The molecule has 0 atom stereocenters. The average molecular weight is 675 g/mol. The van der Waals surface area contributed by atoms with Crippen LogP contribution in [0.2, 0.25) is 0 Å². The molecule has 0 saturated heterocycles. The molecule has 0 unspecified atom stereocenters. The number of thioether (sulfide) groups is 1. The van der Waals surface area contributed by atoms with Crippen LogP contribution in [0.4, 0.5) is 30.2 Å². The summed E-state index contributed by atoms with van der Waals surface area (Å²) >= 11 is 0.0665. The normalized spacial score (nSPS) is 16.5. The number of fused-ring (bicyclic) bond motifs is 1. The molecule has 9 nitrogen and oxygen atoms in total. The number of carbonyl (C=O) groups excluding carboxylic acids is 1. The van der Waals surface area contributed by atoms with Crippen LogP contribution in [-0.4, -0.2) is 44.8 Å². The van der Waals surface area contributed by atoms with Crippen molar-refractivity contribution in [2.75, 3.05) is 29.3 Å². The summed E-state index contributed by atoms with van der Waals surface area (Å²) in [6, 6.07) is 2.96. The van der Waals surface area contributed by atoms with Gasteiger partial charge in [0, 0.05) is 0 Å². The molecule has 1 aromatic rings. The zero-order valence-electron chi connectivity index (χ0n) is 20.3. The van der Waals surface area contributed by atoms with Crippen molar-refractivity contribution < 1.29 is 52.6 Å². The first kappa shape index (κ1) is 29.7. The van der Waals surface area contributed by atoms with E-state index in [1.165, 1.54) is 6.07 Å². The molecule has 206 valence electrons. The van der Waals surface area contributed by atoms with E-state index in [2.05, 4.69) is 25.3 Å². The molecule has 15 heteroatoms. The van der Waals surface area contributed by atoms with Crippen LogP contribution in [0.1, 0.15) is 51.5 Å². The Labute approximate surface area is 229 Å². The third-order valence-electron chi connectivity index (χ3n) is 5.34. The second-order valence-corrected chi connectivity index (χ2v) is 12.6. The van der Waals surface area contributed by atoms with Crippen molar-refractivity contribution in [2.45, 2.75) is 57.9 Å². The number of azo groups is 1. The number of nitrogens with zero attached hydrogens (tertiary/aromatic N) is 4. The standard InChI is InChI=1S/C22H28F3IN5O4S2/c1-3-5-6-9-31-10-7-8-15-12-16(17(13-18(15)31)30-37(33,34)22(23,24)25)28-29-21-27-26-14-19(36-21)20(32)35-11-4-2/h12-14,30H,3-11H2,1-2H3/q-1. The molecule has 0 amide bonds. The Balaban J connectivity index is 1.91. The number of anilines is 2. The molecule has 37 heavy (non-hydrogen) atoms. The van der Waals surface area contributed by atoms with Gasteiger partial charge in [0.25, 0.3) is 0 Å². The average Bonchev–Trinajstić information content (AvgIpc) is 2.85. The number of sulfonamides is 1. The van der Waals surface area contributed by atoms with Crippen LogP contribution in [0.25, 0.3) is 0 Å². The molecule has 0 bridgehead atoms.